The molecule has 0 aromatic heterocycles. The second kappa shape index (κ2) is 6.76. The van der Waals surface area contributed by atoms with Crippen molar-refractivity contribution in [3.63, 3.8) is 0 Å². The van der Waals surface area contributed by atoms with Crippen LogP contribution in [0.5, 0.6) is 0 Å². The lowest BCUT2D eigenvalue weighted by Gasteiger charge is -2.16. The molecular weight excluding hydrogens is 275 g/mol. The van der Waals surface area contributed by atoms with Gasteiger partial charge in [0.15, 0.2) is 0 Å². The smallest absolute Gasteiger partial charge is 0.128 e. The number of benzene rings is 2. The highest BCUT2D eigenvalue weighted by molar-refractivity contribution is 5.27. The molecule has 2 rings (SSSR count). The molecule has 0 aliphatic rings. The average molecular weight is 293 g/mol. The first-order valence-electron chi connectivity index (χ1n) is 6.90. The maximum absolute atomic E-state index is 13.8. The van der Waals surface area contributed by atoms with Crippen LogP contribution in [0.4, 0.5) is 13.2 Å². The second-order valence-corrected chi connectivity index (χ2v) is 5.18. The third-order valence-electron chi connectivity index (χ3n) is 3.52. The quantitative estimate of drug-likeness (QED) is 0.866. The number of aryl methyl sites for hydroxylation is 1. The summed E-state index contributed by atoms with van der Waals surface area (Å²) >= 11 is 0. The van der Waals surface area contributed by atoms with Gasteiger partial charge in [-0.1, -0.05) is 12.1 Å². The summed E-state index contributed by atoms with van der Waals surface area (Å²) < 4.78 is 40.1. The van der Waals surface area contributed by atoms with Crippen LogP contribution in [0.15, 0.2) is 36.4 Å². The van der Waals surface area contributed by atoms with Crippen LogP contribution in [-0.4, -0.2) is 6.54 Å². The third-order valence-corrected chi connectivity index (χ3v) is 3.52. The highest BCUT2D eigenvalue weighted by atomic mass is 19.1. The molecule has 1 atom stereocenters. The molecule has 0 fully saturated rings. The molecule has 0 aliphatic heterocycles. The van der Waals surface area contributed by atoms with Crippen molar-refractivity contribution in [2.75, 3.05) is 6.54 Å². The predicted octanol–water partition coefficient (Wildman–Crippen LogP) is 4.31. The van der Waals surface area contributed by atoms with Gasteiger partial charge in [0.1, 0.15) is 17.5 Å². The van der Waals surface area contributed by atoms with E-state index in [1.54, 1.807) is 19.1 Å². The normalized spacial score (nSPS) is 12.4. The van der Waals surface area contributed by atoms with Crippen LogP contribution < -0.4 is 5.32 Å². The van der Waals surface area contributed by atoms with E-state index in [1.165, 1.54) is 31.2 Å². The zero-order valence-corrected chi connectivity index (χ0v) is 12.1. The number of hydrogen-bond acceptors (Lipinski definition) is 1. The van der Waals surface area contributed by atoms with Gasteiger partial charge in [-0.25, -0.2) is 13.2 Å². The minimum Gasteiger partial charge on any atom is -0.310 e. The summed E-state index contributed by atoms with van der Waals surface area (Å²) in [4.78, 5) is 0. The van der Waals surface area contributed by atoms with Crippen LogP contribution in [0.2, 0.25) is 0 Å². The Bertz CT molecular complexity index is 608. The summed E-state index contributed by atoms with van der Waals surface area (Å²) in [7, 11) is 0. The highest BCUT2D eigenvalue weighted by Gasteiger charge is 2.13. The summed E-state index contributed by atoms with van der Waals surface area (Å²) in [5, 5.41) is 3.15. The zero-order chi connectivity index (χ0) is 15.4. The largest absolute Gasteiger partial charge is 0.310 e. The Labute approximate surface area is 122 Å². The molecule has 0 amide bonds. The van der Waals surface area contributed by atoms with Crippen LogP contribution in [0.3, 0.4) is 0 Å². The fraction of sp³-hybridized carbons (Fsp3) is 0.294. The summed E-state index contributed by atoms with van der Waals surface area (Å²) in [5.41, 5.74) is 1.61. The molecule has 1 N–H and O–H groups in total. The SMILES string of the molecule is Cc1cc(F)c(C(C)NCCc2ccc(F)cc2)cc1F. The van der Waals surface area contributed by atoms with Crippen LogP contribution in [0.1, 0.15) is 29.7 Å². The van der Waals surface area contributed by atoms with Crippen molar-refractivity contribution in [2.24, 2.45) is 0 Å². The summed E-state index contributed by atoms with van der Waals surface area (Å²) in [5.74, 6) is -1.08. The molecule has 1 unspecified atom stereocenters. The Morgan fingerprint density at radius 3 is 2.33 bits per heavy atom. The first-order valence-corrected chi connectivity index (χ1v) is 6.90. The van der Waals surface area contributed by atoms with Gasteiger partial charge in [-0.05, 0) is 62.2 Å². The molecule has 0 saturated heterocycles. The molecule has 4 heteroatoms. The molecule has 0 spiro atoms. The Morgan fingerprint density at radius 2 is 1.67 bits per heavy atom. The average Bonchev–Trinajstić information content (AvgIpc) is 2.45. The monoisotopic (exact) mass is 293 g/mol. The molecular formula is C17H18F3N. The molecule has 2 aromatic carbocycles. The van der Waals surface area contributed by atoms with E-state index < -0.39 is 11.6 Å². The molecule has 1 nitrogen and oxygen atoms in total. The van der Waals surface area contributed by atoms with Gasteiger partial charge in [-0.15, -0.1) is 0 Å². The van der Waals surface area contributed by atoms with Gasteiger partial charge >= 0.3 is 0 Å². The van der Waals surface area contributed by atoms with E-state index in [1.807, 2.05) is 0 Å². The van der Waals surface area contributed by atoms with E-state index in [0.29, 0.717) is 24.1 Å². The Balaban J connectivity index is 1.94. The Morgan fingerprint density at radius 1 is 1.00 bits per heavy atom. The Hall–Kier alpha value is -1.81. The standard InChI is InChI=1S/C17H18F3N/c1-11-9-17(20)15(10-16(11)19)12(2)21-8-7-13-3-5-14(18)6-4-13/h3-6,9-10,12,21H,7-8H2,1-2H3. The number of rotatable bonds is 5. The lowest BCUT2D eigenvalue weighted by Crippen LogP contribution is -2.22. The van der Waals surface area contributed by atoms with E-state index in [4.69, 9.17) is 0 Å². The molecule has 2 aromatic rings. The van der Waals surface area contributed by atoms with E-state index in [-0.39, 0.29) is 11.9 Å². The number of halogens is 3. The second-order valence-electron chi connectivity index (χ2n) is 5.18. The van der Waals surface area contributed by atoms with Crippen LogP contribution >= 0.6 is 0 Å². The van der Waals surface area contributed by atoms with Crippen molar-refractivity contribution >= 4 is 0 Å². The van der Waals surface area contributed by atoms with Gasteiger partial charge in [0.25, 0.3) is 0 Å². The maximum atomic E-state index is 13.8. The van der Waals surface area contributed by atoms with Gasteiger partial charge in [0.05, 0.1) is 0 Å². The van der Waals surface area contributed by atoms with Crippen molar-refractivity contribution in [1.82, 2.24) is 5.32 Å². The van der Waals surface area contributed by atoms with E-state index >= 15 is 0 Å². The third kappa shape index (κ3) is 4.08. The van der Waals surface area contributed by atoms with Gasteiger partial charge < -0.3 is 5.32 Å². The first kappa shape index (κ1) is 15.6. The van der Waals surface area contributed by atoms with Crippen LogP contribution in [0.25, 0.3) is 0 Å². The first-order chi connectivity index (χ1) is 9.97. The highest BCUT2D eigenvalue weighted by Crippen LogP contribution is 2.20. The van der Waals surface area contributed by atoms with E-state index in [9.17, 15) is 13.2 Å². The van der Waals surface area contributed by atoms with Gasteiger partial charge in [0, 0.05) is 11.6 Å². The lowest BCUT2D eigenvalue weighted by molar-refractivity contribution is 0.518. The molecule has 0 radical (unpaired) electrons. The minimum atomic E-state index is -0.407. The fourth-order valence-electron chi connectivity index (χ4n) is 2.19. The summed E-state index contributed by atoms with van der Waals surface area (Å²) in [6.45, 7) is 3.93. The van der Waals surface area contributed by atoms with Crippen LogP contribution in [-0.2, 0) is 6.42 Å². The molecule has 0 saturated carbocycles. The van der Waals surface area contributed by atoms with Crippen molar-refractivity contribution in [1.29, 1.82) is 0 Å². The molecule has 0 heterocycles. The van der Waals surface area contributed by atoms with Gasteiger partial charge in [0.2, 0.25) is 0 Å². The fourth-order valence-corrected chi connectivity index (χ4v) is 2.19. The number of hydrogen-bond donors (Lipinski definition) is 1. The summed E-state index contributed by atoms with van der Waals surface area (Å²) in [6, 6.07) is 8.41. The van der Waals surface area contributed by atoms with Gasteiger partial charge in [-0.2, -0.15) is 0 Å². The van der Waals surface area contributed by atoms with Crippen molar-refractivity contribution in [2.45, 2.75) is 26.3 Å². The van der Waals surface area contributed by atoms with E-state index in [2.05, 4.69) is 5.32 Å². The Kier molecular flexibility index (Phi) is 5.02. The van der Waals surface area contributed by atoms with E-state index in [0.717, 1.165) is 5.56 Å². The number of nitrogens with one attached hydrogen (secondary N) is 1. The van der Waals surface area contributed by atoms with Crippen molar-refractivity contribution in [3.05, 3.63) is 70.5 Å². The maximum Gasteiger partial charge on any atom is 0.128 e. The topological polar surface area (TPSA) is 12.0 Å². The molecule has 0 aliphatic carbocycles. The molecule has 0 bridgehead atoms. The molecule has 112 valence electrons. The summed E-state index contributed by atoms with van der Waals surface area (Å²) in [6.07, 6.45) is 0.695. The van der Waals surface area contributed by atoms with Crippen molar-refractivity contribution in [3.8, 4) is 0 Å². The van der Waals surface area contributed by atoms with Crippen LogP contribution in [0, 0.1) is 24.4 Å². The zero-order valence-electron chi connectivity index (χ0n) is 12.1. The van der Waals surface area contributed by atoms with Crippen molar-refractivity contribution < 1.29 is 13.2 Å². The molecule has 21 heavy (non-hydrogen) atoms. The van der Waals surface area contributed by atoms with Gasteiger partial charge in [-0.3, -0.25) is 0 Å². The predicted molar refractivity (Wildman–Crippen MR) is 77.6 cm³/mol. The lowest BCUT2D eigenvalue weighted by atomic mass is 10.0. The minimum absolute atomic E-state index is 0.266.